The van der Waals surface area contributed by atoms with Crippen molar-refractivity contribution >= 4 is 0 Å². The normalized spacial score (nSPS) is 13.6. The van der Waals surface area contributed by atoms with Crippen molar-refractivity contribution in [2.24, 2.45) is 0 Å². The van der Waals surface area contributed by atoms with Gasteiger partial charge in [0.15, 0.2) is 0 Å². The second kappa shape index (κ2) is 6.75. The van der Waals surface area contributed by atoms with E-state index in [-0.39, 0.29) is 13.0 Å². The molecule has 0 aliphatic rings. The van der Waals surface area contributed by atoms with Crippen molar-refractivity contribution in [2.45, 2.75) is 32.0 Å². The zero-order valence-electron chi connectivity index (χ0n) is 10.2. The Morgan fingerprint density at radius 1 is 1.33 bits per heavy atom. The van der Waals surface area contributed by atoms with Gasteiger partial charge in [0, 0.05) is 13.0 Å². The highest BCUT2D eigenvalue weighted by Gasteiger charge is 2.30. The molecule has 1 rings (SSSR count). The van der Waals surface area contributed by atoms with E-state index in [9.17, 15) is 18.3 Å². The van der Waals surface area contributed by atoms with Crippen molar-refractivity contribution in [1.82, 2.24) is 0 Å². The van der Waals surface area contributed by atoms with Gasteiger partial charge >= 0.3 is 6.18 Å². The average Bonchev–Trinajstić information content (AvgIpc) is 2.28. The van der Waals surface area contributed by atoms with E-state index < -0.39 is 17.8 Å². The van der Waals surface area contributed by atoms with Crippen LogP contribution < -0.4 is 0 Å². The van der Waals surface area contributed by atoms with Crippen LogP contribution in [0.4, 0.5) is 13.2 Å². The number of hydrogen-bond donors (Lipinski definition) is 1. The number of ether oxygens (including phenoxy) is 1. The molecule has 18 heavy (non-hydrogen) atoms. The fourth-order valence-corrected chi connectivity index (χ4v) is 1.57. The summed E-state index contributed by atoms with van der Waals surface area (Å²) in [5.74, 6) is 0. The van der Waals surface area contributed by atoms with Crippen LogP contribution in [0, 0.1) is 0 Å². The number of aliphatic hydroxyl groups excluding tert-OH is 1. The van der Waals surface area contributed by atoms with Crippen LogP contribution in [-0.2, 0) is 17.3 Å². The van der Waals surface area contributed by atoms with E-state index in [0.717, 1.165) is 18.6 Å². The summed E-state index contributed by atoms with van der Waals surface area (Å²) in [5.41, 5.74) is -0.237. The molecule has 0 bridgehead atoms. The molecule has 0 aromatic heterocycles. The molecule has 0 amide bonds. The van der Waals surface area contributed by atoms with Crippen molar-refractivity contribution in [1.29, 1.82) is 0 Å². The Balaban J connectivity index is 2.57. The molecule has 102 valence electrons. The lowest BCUT2D eigenvalue weighted by atomic mass is 10.1. The molecule has 0 aliphatic carbocycles. The highest BCUT2D eigenvalue weighted by atomic mass is 19.4. The molecule has 1 atom stereocenters. The SMILES string of the molecule is CCCOCC(O)Cc1cccc(C(F)(F)F)c1. The predicted octanol–water partition coefficient (Wildman–Crippen LogP) is 3.04. The first-order valence-electron chi connectivity index (χ1n) is 5.85. The summed E-state index contributed by atoms with van der Waals surface area (Å²) in [7, 11) is 0. The molecule has 0 radical (unpaired) electrons. The number of rotatable bonds is 6. The van der Waals surface area contributed by atoms with Crippen LogP contribution in [-0.4, -0.2) is 24.4 Å². The zero-order valence-corrected chi connectivity index (χ0v) is 10.2. The highest BCUT2D eigenvalue weighted by Crippen LogP contribution is 2.29. The van der Waals surface area contributed by atoms with Gasteiger partial charge in [0.1, 0.15) is 0 Å². The Morgan fingerprint density at radius 2 is 2.06 bits per heavy atom. The second-order valence-electron chi connectivity index (χ2n) is 4.13. The van der Waals surface area contributed by atoms with Crippen molar-refractivity contribution in [3.63, 3.8) is 0 Å². The third kappa shape index (κ3) is 5.06. The van der Waals surface area contributed by atoms with Crippen LogP contribution in [0.25, 0.3) is 0 Å². The summed E-state index contributed by atoms with van der Waals surface area (Å²) in [4.78, 5) is 0. The molecule has 0 spiro atoms. The first kappa shape index (κ1) is 15.0. The lowest BCUT2D eigenvalue weighted by molar-refractivity contribution is -0.137. The fraction of sp³-hybridized carbons (Fsp3) is 0.538. The monoisotopic (exact) mass is 262 g/mol. The standard InChI is InChI=1S/C13H17F3O2/c1-2-6-18-9-12(17)8-10-4-3-5-11(7-10)13(14,15)16/h3-5,7,12,17H,2,6,8-9H2,1H3. The molecule has 0 fully saturated rings. The number of hydrogen-bond acceptors (Lipinski definition) is 2. The van der Waals surface area contributed by atoms with Gasteiger partial charge in [0.05, 0.1) is 18.3 Å². The quantitative estimate of drug-likeness (QED) is 0.798. The third-order valence-corrected chi connectivity index (χ3v) is 2.38. The van der Waals surface area contributed by atoms with Gasteiger partial charge in [-0.1, -0.05) is 25.1 Å². The Bertz CT molecular complexity index is 363. The Morgan fingerprint density at radius 3 is 2.67 bits per heavy atom. The molecule has 0 heterocycles. The van der Waals surface area contributed by atoms with E-state index in [1.165, 1.54) is 6.07 Å². The molecule has 0 saturated heterocycles. The van der Waals surface area contributed by atoms with Gasteiger partial charge in [-0.2, -0.15) is 13.2 Å². The minimum atomic E-state index is -4.35. The van der Waals surface area contributed by atoms with Crippen LogP contribution in [0.3, 0.4) is 0 Å². The van der Waals surface area contributed by atoms with E-state index in [1.54, 1.807) is 6.07 Å². The molecule has 1 aromatic rings. The Hall–Kier alpha value is -1.07. The van der Waals surface area contributed by atoms with Crippen LogP contribution in [0.2, 0.25) is 0 Å². The lowest BCUT2D eigenvalue weighted by Gasteiger charge is -2.12. The van der Waals surface area contributed by atoms with Gasteiger partial charge in [0.2, 0.25) is 0 Å². The molecular weight excluding hydrogens is 245 g/mol. The summed E-state index contributed by atoms with van der Waals surface area (Å²) in [6, 6.07) is 4.99. The lowest BCUT2D eigenvalue weighted by Crippen LogP contribution is -2.18. The van der Waals surface area contributed by atoms with Gasteiger partial charge in [-0.15, -0.1) is 0 Å². The molecule has 0 aliphatic heterocycles. The fourth-order valence-electron chi connectivity index (χ4n) is 1.57. The van der Waals surface area contributed by atoms with Gasteiger partial charge < -0.3 is 9.84 Å². The molecule has 5 heteroatoms. The van der Waals surface area contributed by atoms with Gasteiger partial charge in [-0.25, -0.2) is 0 Å². The van der Waals surface area contributed by atoms with Gasteiger partial charge in [-0.3, -0.25) is 0 Å². The summed E-state index contributed by atoms with van der Waals surface area (Å²) < 4.78 is 42.5. The number of benzene rings is 1. The number of aliphatic hydroxyl groups is 1. The average molecular weight is 262 g/mol. The Labute approximate surface area is 104 Å². The van der Waals surface area contributed by atoms with Crippen LogP contribution >= 0.6 is 0 Å². The zero-order chi connectivity index (χ0) is 13.6. The summed E-state index contributed by atoms with van der Waals surface area (Å²) in [6.07, 6.45) is -4.12. The molecule has 1 unspecified atom stereocenters. The van der Waals surface area contributed by atoms with Crippen molar-refractivity contribution < 1.29 is 23.0 Å². The maximum atomic E-state index is 12.5. The van der Waals surface area contributed by atoms with Gasteiger partial charge in [-0.05, 0) is 18.1 Å². The molecule has 2 nitrogen and oxygen atoms in total. The largest absolute Gasteiger partial charge is 0.416 e. The minimum absolute atomic E-state index is 0.143. The van der Waals surface area contributed by atoms with Crippen LogP contribution in [0.15, 0.2) is 24.3 Å². The van der Waals surface area contributed by atoms with E-state index in [4.69, 9.17) is 4.74 Å². The number of halogens is 3. The maximum absolute atomic E-state index is 12.5. The smallest absolute Gasteiger partial charge is 0.390 e. The second-order valence-corrected chi connectivity index (χ2v) is 4.13. The molecule has 1 aromatic carbocycles. The predicted molar refractivity (Wildman–Crippen MR) is 62.3 cm³/mol. The Kier molecular flexibility index (Phi) is 5.62. The molecule has 0 saturated carbocycles. The summed E-state index contributed by atoms with van der Waals surface area (Å²) >= 11 is 0. The van der Waals surface area contributed by atoms with Crippen molar-refractivity contribution in [2.75, 3.05) is 13.2 Å². The third-order valence-electron chi connectivity index (χ3n) is 2.38. The van der Waals surface area contributed by atoms with Crippen LogP contribution in [0.5, 0.6) is 0 Å². The molecular formula is C13H17F3O2. The first-order valence-corrected chi connectivity index (χ1v) is 5.85. The first-order chi connectivity index (χ1) is 8.43. The summed E-state index contributed by atoms with van der Waals surface area (Å²) in [6.45, 7) is 2.63. The minimum Gasteiger partial charge on any atom is -0.390 e. The van der Waals surface area contributed by atoms with Gasteiger partial charge in [0.25, 0.3) is 0 Å². The van der Waals surface area contributed by atoms with E-state index in [2.05, 4.69) is 0 Å². The summed E-state index contributed by atoms with van der Waals surface area (Å²) in [5, 5.41) is 9.62. The van der Waals surface area contributed by atoms with Crippen molar-refractivity contribution in [3.05, 3.63) is 35.4 Å². The van der Waals surface area contributed by atoms with E-state index in [1.807, 2.05) is 6.92 Å². The maximum Gasteiger partial charge on any atom is 0.416 e. The van der Waals surface area contributed by atoms with E-state index in [0.29, 0.717) is 12.2 Å². The van der Waals surface area contributed by atoms with E-state index >= 15 is 0 Å². The highest BCUT2D eigenvalue weighted by molar-refractivity contribution is 5.26. The van der Waals surface area contributed by atoms with Crippen molar-refractivity contribution in [3.8, 4) is 0 Å². The van der Waals surface area contributed by atoms with Crippen LogP contribution in [0.1, 0.15) is 24.5 Å². The topological polar surface area (TPSA) is 29.5 Å². The molecule has 1 N–H and O–H groups in total. The number of alkyl halides is 3.